The molecule has 28 heavy (non-hydrogen) atoms. The zero-order valence-corrected chi connectivity index (χ0v) is 16.0. The predicted octanol–water partition coefficient (Wildman–Crippen LogP) is 4.60. The molecular formula is C23H22N4O. The molecule has 0 fully saturated rings. The largest absolute Gasteiger partial charge is 0.328 e. The van der Waals surface area contributed by atoms with E-state index in [2.05, 4.69) is 31.3 Å². The van der Waals surface area contributed by atoms with Crippen molar-refractivity contribution in [2.75, 3.05) is 5.32 Å². The Balaban J connectivity index is 1.69. The molecule has 0 unspecified atom stereocenters. The average Bonchev–Trinajstić information content (AvgIpc) is 3.10. The summed E-state index contributed by atoms with van der Waals surface area (Å²) in [4.78, 5) is 17.9. The number of carbonyl (C=O) groups is 1. The van der Waals surface area contributed by atoms with Crippen molar-refractivity contribution in [1.82, 2.24) is 14.8 Å². The Morgan fingerprint density at radius 3 is 2.39 bits per heavy atom. The number of fused-ring (bicyclic) bond motifs is 1. The molecule has 0 saturated heterocycles. The first-order valence-corrected chi connectivity index (χ1v) is 9.62. The molecule has 5 nitrogen and oxygen atoms in total. The lowest BCUT2D eigenvalue weighted by Crippen LogP contribution is -2.36. The first-order chi connectivity index (χ1) is 13.5. The molecule has 5 heteroatoms. The second kappa shape index (κ2) is 6.16. The Bertz CT molecular complexity index is 1080. The Kier molecular flexibility index (Phi) is 3.72. The molecule has 2 aliphatic rings. The van der Waals surface area contributed by atoms with Crippen LogP contribution < -0.4 is 5.32 Å². The van der Waals surface area contributed by atoms with Crippen LogP contribution in [0.2, 0.25) is 0 Å². The summed E-state index contributed by atoms with van der Waals surface area (Å²) in [6.45, 7) is 4.28. The smallest absolute Gasteiger partial charge is 0.226 e. The van der Waals surface area contributed by atoms with E-state index >= 15 is 0 Å². The van der Waals surface area contributed by atoms with Crippen molar-refractivity contribution in [3.8, 4) is 11.4 Å². The highest BCUT2D eigenvalue weighted by Gasteiger charge is 2.41. The maximum atomic E-state index is 13.2. The predicted molar refractivity (Wildman–Crippen MR) is 109 cm³/mol. The molecule has 3 aromatic rings. The van der Waals surface area contributed by atoms with Crippen molar-refractivity contribution in [2.45, 2.75) is 32.7 Å². The van der Waals surface area contributed by atoms with E-state index < -0.39 is 0 Å². The van der Waals surface area contributed by atoms with Crippen LogP contribution in [0.4, 0.5) is 5.95 Å². The molecule has 0 spiro atoms. The first-order valence-electron chi connectivity index (χ1n) is 9.62. The van der Waals surface area contributed by atoms with Crippen molar-refractivity contribution in [2.24, 2.45) is 5.41 Å². The fourth-order valence-electron chi connectivity index (χ4n) is 4.26. The number of ketones is 1. The van der Waals surface area contributed by atoms with Crippen molar-refractivity contribution in [3.63, 3.8) is 0 Å². The van der Waals surface area contributed by atoms with Gasteiger partial charge in [0, 0.05) is 23.3 Å². The summed E-state index contributed by atoms with van der Waals surface area (Å²) < 4.78 is 1.87. The van der Waals surface area contributed by atoms with E-state index in [1.54, 1.807) is 0 Å². The van der Waals surface area contributed by atoms with Gasteiger partial charge >= 0.3 is 0 Å². The van der Waals surface area contributed by atoms with Crippen LogP contribution in [0.1, 0.15) is 38.3 Å². The Hall–Kier alpha value is -3.21. The third kappa shape index (κ3) is 2.74. The van der Waals surface area contributed by atoms with E-state index in [0.29, 0.717) is 18.2 Å². The summed E-state index contributed by atoms with van der Waals surface area (Å²) in [7, 11) is 0. The van der Waals surface area contributed by atoms with Gasteiger partial charge < -0.3 is 5.32 Å². The molecule has 5 rings (SSSR count). The van der Waals surface area contributed by atoms with Gasteiger partial charge in [-0.1, -0.05) is 74.5 Å². The molecule has 2 aromatic carbocycles. The summed E-state index contributed by atoms with van der Waals surface area (Å²) in [5, 5.41) is 8.22. The van der Waals surface area contributed by atoms with Gasteiger partial charge in [0.2, 0.25) is 5.95 Å². The number of Topliss-reactive ketones (excluding diaryl/α,β-unsaturated/α-hetero) is 1. The molecule has 1 aromatic heterocycles. The maximum Gasteiger partial charge on any atom is 0.226 e. The monoisotopic (exact) mass is 370 g/mol. The zero-order chi connectivity index (χ0) is 19.3. The Labute approximate surface area is 164 Å². The lowest BCUT2D eigenvalue weighted by Gasteiger charge is -2.38. The van der Waals surface area contributed by atoms with Crippen LogP contribution in [-0.4, -0.2) is 20.5 Å². The first kappa shape index (κ1) is 16.9. The average molecular weight is 370 g/mol. The van der Waals surface area contributed by atoms with Crippen molar-refractivity contribution in [1.29, 1.82) is 0 Å². The number of hydrogen-bond acceptors (Lipinski definition) is 4. The van der Waals surface area contributed by atoms with Crippen LogP contribution in [0.3, 0.4) is 0 Å². The third-order valence-electron chi connectivity index (χ3n) is 5.48. The quantitative estimate of drug-likeness (QED) is 0.716. The van der Waals surface area contributed by atoms with E-state index in [1.807, 2.05) is 53.2 Å². The van der Waals surface area contributed by atoms with Gasteiger partial charge in [-0.15, -0.1) is 5.10 Å². The normalized spacial score (nSPS) is 20.4. The molecule has 1 atom stereocenters. The standard InChI is InChI=1S/C23H22N4O/c1-23(2)13-17-19(18(28)14-23)20(15-9-5-3-6-10-15)27-22(24-17)25-21(26-27)16-11-7-4-8-12-16/h3-12,20H,13-14H2,1-2H3,(H,24,25,26)/t20-/m1/s1. The maximum absolute atomic E-state index is 13.2. The SMILES string of the molecule is CC1(C)CC(=O)C2=C(C1)Nc1nc(-c3ccccc3)nn1[C@@H]2c1ccccc1. The molecule has 1 aliphatic heterocycles. The molecule has 2 heterocycles. The minimum Gasteiger partial charge on any atom is -0.328 e. The Morgan fingerprint density at radius 1 is 1.00 bits per heavy atom. The number of rotatable bonds is 2. The minimum absolute atomic E-state index is 0.0609. The Morgan fingerprint density at radius 2 is 1.68 bits per heavy atom. The number of benzene rings is 2. The molecule has 1 aliphatic carbocycles. The van der Waals surface area contributed by atoms with E-state index in [-0.39, 0.29) is 17.2 Å². The minimum atomic E-state index is -0.249. The second-order valence-corrected chi connectivity index (χ2v) is 8.34. The molecule has 1 N–H and O–H groups in total. The lowest BCUT2D eigenvalue weighted by molar-refractivity contribution is -0.118. The van der Waals surface area contributed by atoms with Gasteiger partial charge in [0.15, 0.2) is 11.6 Å². The molecular weight excluding hydrogens is 348 g/mol. The van der Waals surface area contributed by atoms with Crippen LogP contribution in [0.15, 0.2) is 71.9 Å². The number of nitrogens with zero attached hydrogens (tertiary/aromatic N) is 3. The van der Waals surface area contributed by atoms with Crippen molar-refractivity contribution < 1.29 is 4.79 Å². The zero-order valence-electron chi connectivity index (χ0n) is 16.0. The second-order valence-electron chi connectivity index (χ2n) is 8.34. The van der Waals surface area contributed by atoms with E-state index in [0.717, 1.165) is 28.8 Å². The molecule has 0 radical (unpaired) electrons. The summed E-state index contributed by atoms with van der Waals surface area (Å²) in [6, 6.07) is 19.8. The van der Waals surface area contributed by atoms with Crippen LogP contribution in [-0.2, 0) is 4.79 Å². The molecule has 0 amide bonds. The van der Waals surface area contributed by atoms with Crippen molar-refractivity contribution in [3.05, 3.63) is 77.5 Å². The van der Waals surface area contributed by atoms with Gasteiger partial charge in [0.25, 0.3) is 0 Å². The molecule has 0 bridgehead atoms. The van der Waals surface area contributed by atoms with Crippen LogP contribution >= 0.6 is 0 Å². The highest BCUT2D eigenvalue weighted by Crippen LogP contribution is 2.45. The van der Waals surface area contributed by atoms with Gasteiger partial charge in [-0.05, 0) is 17.4 Å². The highest BCUT2D eigenvalue weighted by atomic mass is 16.1. The van der Waals surface area contributed by atoms with Crippen LogP contribution in [0.5, 0.6) is 0 Å². The van der Waals surface area contributed by atoms with Crippen molar-refractivity contribution >= 4 is 11.7 Å². The van der Waals surface area contributed by atoms with E-state index in [9.17, 15) is 4.79 Å². The summed E-state index contributed by atoms with van der Waals surface area (Å²) in [6.07, 6.45) is 1.37. The number of carbonyl (C=O) groups excluding carboxylic acids is 1. The van der Waals surface area contributed by atoms with Gasteiger partial charge in [0.05, 0.1) is 0 Å². The number of anilines is 1. The highest BCUT2D eigenvalue weighted by molar-refractivity contribution is 6.00. The third-order valence-corrected chi connectivity index (χ3v) is 5.48. The summed E-state index contributed by atoms with van der Waals surface area (Å²) >= 11 is 0. The summed E-state index contributed by atoms with van der Waals surface area (Å²) in [5.41, 5.74) is 3.75. The fourth-order valence-corrected chi connectivity index (χ4v) is 4.26. The van der Waals surface area contributed by atoms with Crippen LogP contribution in [0, 0.1) is 5.41 Å². The lowest BCUT2D eigenvalue weighted by atomic mass is 9.73. The van der Waals surface area contributed by atoms with Gasteiger partial charge in [0.1, 0.15) is 6.04 Å². The van der Waals surface area contributed by atoms with Gasteiger partial charge in [-0.2, -0.15) is 4.98 Å². The topological polar surface area (TPSA) is 59.8 Å². The molecule has 0 saturated carbocycles. The number of allylic oxidation sites excluding steroid dienone is 2. The number of nitrogens with one attached hydrogen (secondary N) is 1. The van der Waals surface area contributed by atoms with Gasteiger partial charge in [-0.25, -0.2) is 4.68 Å². The van der Waals surface area contributed by atoms with Gasteiger partial charge in [-0.3, -0.25) is 4.79 Å². The van der Waals surface area contributed by atoms with Crippen LogP contribution in [0.25, 0.3) is 11.4 Å². The molecule has 140 valence electrons. The van der Waals surface area contributed by atoms with E-state index in [1.165, 1.54) is 0 Å². The van der Waals surface area contributed by atoms with E-state index in [4.69, 9.17) is 10.1 Å². The number of hydrogen-bond donors (Lipinski definition) is 1. The number of aromatic nitrogens is 3. The summed E-state index contributed by atoms with van der Waals surface area (Å²) in [5.74, 6) is 1.54. The fraction of sp³-hybridized carbons (Fsp3) is 0.261.